The van der Waals surface area contributed by atoms with E-state index < -0.39 is 0 Å². The Kier molecular flexibility index (Phi) is 3.41. The van der Waals surface area contributed by atoms with E-state index in [9.17, 15) is 4.79 Å². The molecule has 0 amide bonds. The summed E-state index contributed by atoms with van der Waals surface area (Å²) in [5, 5.41) is 0. The molecule has 2 aromatic rings. The van der Waals surface area contributed by atoms with Crippen molar-refractivity contribution >= 4 is 25.4 Å². The van der Waals surface area contributed by atoms with Gasteiger partial charge in [0.05, 0.1) is 0 Å². The Balaban J connectivity index is 1.82. The topological polar surface area (TPSA) is 26.3 Å². The zero-order valence-corrected chi connectivity index (χ0v) is 12.3. The molecule has 1 aliphatic heterocycles. The standard InChI is InChI=1S/C16H14O2Se/c1-11(19-12-7-3-2-4-8-12)15-13-9-5-6-10-14(13)16(17)18-15/h2-11,15H,1H3. The number of esters is 1. The second-order valence-corrected chi connectivity index (χ2v) is 7.59. The van der Waals surface area contributed by atoms with E-state index in [-0.39, 0.29) is 12.1 Å². The molecule has 0 aliphatic carbocycles. The summed E-state index contributed by atoms with van der Waals surface area (Å²) in [6.07, 6.45) is -0.0936. The molecular formula is C16H14O2Se. The molecule has 3 heteroatoms. The van der Waals surface area contributed by atoms with Crippen molar-refractivity contribution in [3.63, 3.8) is 0 Å². The van der Waals surface area contributed by atoms with Crippen LogP contribution in [-0.2, 0) is 4.74 Å². The third-order valence-electron chi connectivity index (χ3n) is 3.21. The Morgan fingerprint density at radius 2 is 1.74 bits per heavy atom. The molecule has 2 atom stereocenters. The molecule has 0 spiro atoms. The Morgan fingerprint density at radius 3 is 2.53 bits per heavy atom. The van der Waals surface area contributed by atoms with E-state index >= 15 is 0 Å². The molecule has 0 radical (unpaired) electrons. The average molecular weight is 317 g/mol. The van der Waals surface area contributed by atoms with Crippen molar-refractivity contribution < 1.29 is 9.53 Å². The van der Waals surface area contributed by atoms with Gasteiger partial charge in [-0.3, -0.25) is 0 Å². The van der Waals surface area contributed by atoms with Crippen molar-refractivity contribution in [1.82, 2.24) is 0 Å². The molecule has 0 N–H and O–H groups in total. The Labute approximate surface area is 118 Å². The number of ether oxygens (including phenoxy) is 1. The van der Waals surface area contributed by atoms with Crippen molar-refractivity contribution in [2.45, 2.75) is 17.8 Å². The molecule has 0 fully saturated rings. The van der Waals surface area contributed by atoms with Crippen LogP contribution in [0.2, 0.25) is 4.82 Å². The van der Waals surface area contributed by atoms with Gasteiger partial charge < -0.3 is 0 Å². The Morgan fingerprint density at radius 1 is 1.05 bits per heavy atom. The number of benzene rings is 2. The van der Waals surface area contributed by atoms with Crippen LogP contribution in [0.15, 0.2) is 54.6 Å². The quantitative estimate of drug-likeness (QED) is 0.643. The van der Waals surface area contributed by atoms with Gasteiger partial charge in [-0.15, -0.1) is 0 Å². The average Bonchev–Trinajstić information content (AvgIpc) is 2.78. The zero-order valence-electron chi connectivity index (χ0n) is 10.6. The third-order valence-corrected chi connectivity index (χ3v) is 5.65. The maximum absolute atomic E-state index is 11.8. The van der Waals surface area contributed by atoms with Gasteiger partial charge >= 0.3 is 118 Å². The van der Waals surface area contributed by atoms with Crippen LogP contribution >= 0.6 is 0 Å². The summed E-state index contributed by atoms with van der Waals surface area (Å²) >= 11 is 0.295. The number of carbonyl (C=O) groups excluding carboxylic acids is 1. The fourth-order valence-corrected chi connectivity index (χ4v) is 4.54. The van der Waals surface area contributed by atoms with Crippen molar-refractivity contribution in [3.05, 3.63) is 65.7 Å². The van der Waals surface area contributed by atoms with Crippen LogP contribution in [0.25, 0.3) is 0 Å². The first-order valence-electron chi connectivity index (χ1n) is 6.27. The first kappa shape index (κ1) is 12.5. The van der Waals surface area contributed by atoms with E-state index in [1.165, 1.54) is 4.46 Å². The van der Waals surface area contributed by atoms with E-state index in [4.69, 9.17) is 4.74 Å². The monoisotopic (exact) mass is 318 g/mol. The summed E-state index contributed by atoms with van der Waals surface area (Å²) in [6.45, 7) is 2.16. The van der Waals surface area contributed by atoms with Gasteiger partial charge in [0, 0.05) is 0 Å². The van der Waals surface area contributed by atoms with Gasteiger partial charge in [-0.2, -0.15) is 0 Å². The van der Waals surface area contributed by atoms with Gasteiger partial charge in [0.25, 0.3) is 0 Å². The third kappa shape index (κ3) is 2.44. The van der Waals surface area contributed by atoms with E-state index in [1.54, 1.807) is 0 Å². The van der Waals surface area contributed by atoms with Gasteiger partial charge in [-0.1, -0.05) is 0 Å². The molecule has 0 saturated carbocycles. The van der Waals surface area contributed by atoms with Crippen LogP contribution in [0, 0.1) is 0 Å². The second-order valence-electron chi connectivity index (χ2n) is 4.55. The molecule has 19 heavy (non-hydrogen) atoms. The molecule has 1 aliphatic rings. The summed E-state index contributed by atoms with van der Waals surface area (Å²) in [5.41, 5.74) is 1.76. The van der Waals surface area contributed by atoms with E-state index in [1.807, 2.05) is 30.3 Å². The number of hydrogen-bond donors (Lipinski definition) is 0. The van der Waals surface area contributed by atoms with Gasteiger partial charge in [0.1, 0.15) is 0 Å². The van der Waals surface area contributed by atoms with Crippen molar-refractivity contribution in [2.24, 2.45) is 0 Å². The summed E-state index contributed by atoms with van der Waals surface area (Å²) in [7, 11) is 0. The number of hydrogen-bond acceptors (Lipinski definition) is 2. The number of rotatable bonds is 3. The minimum absolute atomic E-state index is 0.0936. The fourth-order valence-electron chi connectivity index (χ4n) is 2.30. The molecule has 1 heterocycles. The van der Waals surface area contributed by atoms with Gasteiger partial charge in [0.15, 0.2) is 0 Å². The molecule has 0 aromatic heterocycles. The Bertz CT molecular complexity index is 595. The van der Waals surface area contributed by atoms with Crippen LogP contribution in [0.1, 0.15) is 28.9 Å². The van der Waals surface area contributed by atoms with Crippen molar-refractivity contribution in [3.8, 4) is 0 Å². The summed E-state index contributed by atoms with van der Waals surface area (Å²) < 4.78 is 6.88. The molecule has 0 saturated heterocycles. The van der Waals surface area contributed by atoms with E-state index in [0.29, 0.717) is 19.8 Å². The van der Waals surface area contributed by atoms with E-state index in [2.05, 4.69) is 31.2 Å². The first-order chi connectivity index (χ1) is 9.25. The van der Waals surface area contributed by atoms with Crippen LogP contribution < -0.4 is 4.46 Å². The minimum atomic E-state index is -0.184. The second kappa shape index (κ2) is 5.20. The molecule has 2 nitrogen and oxygen atoms in total. The van der Waals surface area contributed by atoms with Crippen LogP contribution in [0.3, 0.4) is 0 Å². The predicted molar refractivity (Wildman–Crippen MR) is 75.9 cm³/mol. The summed E-state index contributed by atoms with van der Waals surface area (Å²) in [6, 6.07) is 18.1. The maximum atomic E-state index is 11.8. The zero-order chi connectivity index (χ0) is 13.2. The predicted octanol–water partition coefficient (Wildman–Crippen LogP) is 2.74. The van der Waals surface area contributed by atoms with Crippen LogP contribution in [0.4, 0.5) is 0 Å². The Hall–Kier alpha value is -1.57. The summed E-state index contributed by atoms with van der Waals surface area (Å²) in [5.74, 6) is -0.184. The molecule has 0 bridgehead atoms. The molecule has 3 rings (SSSR count). The van der Waals surface area contributed by atoms with Gasteiger partial charge in [-0.05, 0) is 0 Å². The van der Waals surface area contributed by atoms with Gasteiger partial charge in [-0.25, -0.2) is 0 Å². The van der Waals surface area contributed by atoms with Gasteiger partial charge in [0.2, 0.25) is 0 Å². The molecule has 2 aromatic carbocycles. The van der Waals surface area contributed by atoms with Crippen molar-refractivity contribution in [1.29, 1.82) is 0 Å². The SMILES string of the molecule is CC([Se]c1ccccc1)C1OC(=O)c2ccccc21. The molecule has 96 valence electrons. The molecular weight excluding hydrogens is 303 g/mol. The number of carbonyl (C=O) groups is 1. The van der Waals surface area contributed by atoms with Crippen molar-refractivity contribution in [2.75, 3.05) is 0 Å². The normalized spacial score (nSPS) is 18.8. The first-order valence-corrected chi connectivity index (χ1v) is 8.12. The van der Waals surface area contributed by atoms with Crippen LogP contribution in [-0.4, -0.2) is 20.9 Å². The molecule has 2 unspecified atom stereocenters. The number of fused-ring (bicyclic) bond motifs is 1. The van der Waals surface area contributed by atoms with E-state index in [0.717, 1.165) is 11.1 Å². The number of cyclic esters (lactones) is 1. The summed E-state index contributed by atoms with van der Waals surface area (Å²) in [4.78, 5) is 12.2. The van der Waals surface area contributed by atoms with Crippen LogP contribution in [0.5, 0.6) is 0 Å². The fraction of sp³-hybridized carbons (Fsp3) is 0.188.